The summed E-state index contributed by atoms with van der Waals surface area (Å²) in [5.41, 5.74) is 4.39. The lowest BCUT2D eigenvalue weighted by molar-refractivity contribution is -0.151. The standard InChI is InChI=1S/C15H28N2O4/c1-4-21-14(19)12-5-7-15(20,8-6-12)10-17(11(2)3)9-13(16)18/h11-12,20H,4-10H2,1-3H3,(H2,16,18). The quantitative estimate of drug-likeness (QED) is 0.674. The SMILES string of the molecule is CCOC(=O)C1CCC(O)(CN(CC(N)=O)C(C)C)CC1. The van der Waals surface area contributed by atoms with Crippen LogP contribution in [0.2, 0.25) is 0 Å². The maximum Gasteiger partial charge on any atom is 0.308 e. The van der Waals surface area contributed by atoms with E-state index in [4.69, 9.17) is 10.5 Å². The zero-order valence-electron chi connectivity index (χ0n) is 13.3. The summed E-state index contributed by atoms with van der Waals surface area (Å²) in [6, 6.07) is 0.129. The van der Waals surface area contributed by atoms with Gasteiger partial charge < -0.3 is 15.6 Å². The first kappa shape index (κ1) is 17.9. The molecular formula is C15H28N2O4. The second-order valence-corrected chi connectivity index (χ2v) is 6.22. The highest BCUT2D eigenvalue weighted by atomic mass is 16.5. The molecule has 0 unspecified atom stereocenters. The largest absolute Gasteiger partial charge is 0.466 e. The molecule has 0 aromatic heterocycles. The first-order valence-electron chi connectivity index (χ1n) is 7.69. The van der Waals surface area contributed by atoms with Crippen molar-refractivity contribution in [1.29, 1.82) is 0 Å². The molecule has 0 radical (unpaired) electrons. The van der Waals surface area contributed by atoms with Crippen LogP contribution < -0.4 is 5.73 Å². The number of rotatable bonds is 7. The molecule has 0 aromatic rings. The van der Waals surface area contributed by atoms with E-state index in [0.717, 1.165) is 0 Å². The summed E-state index contributed by atoms with van der Waals surface area (Å²) in [7, 11) is 0. The second kappa shape index (κ2) is 7.75. The van der Waals surface area contributed by atoms with E-state index >= 15 is 0 Å². The molecule has 1 aliphatic rings. The third-order valence-corrected chi connectivity index (χ3v) is 4.12. The second-order valence-electron chi connectivity index (χ2n) is 6.22. The lowest BCUT2D eigenvalue weighted by Gasteiger charge is -2.39. The lowest BCUT2D eigenvalue weighted by Crippen LogP contribution is -2.50. The van der Waals surface area contributed by atoms with E-state index in [1.54, 1.807) is 6.92 Å². The highest BCUT2D eigenvalue weighted by Crippen LogP contribution is 2.33. The predicted molar refractivity (Wildman–Crippen MR) is 79.4 cm³/mol. The van der Waals surface area contributed by atoms with Crippen molar-refractivity contribution in [2.45, 2.75) is 58.1 Å². The summed E-state index contributed by atoms with van der Waals surface area (Å²) in [6.07, 6.45) is 2.33. The summed E-state index contributed by atoms with van der Waals surface area (Å²) in [5.74, 6) is -0.682. The molecular weight excluding hydrogens is 272 g/mol. The molecule has 6 nitrogen and oxygen atoms in total. The molecule has 0 spiro atoms. The van der Waals surface area contributed by atoms with Crippen LogP contribution in [0.4, 0.5) is 0 Å². The third kappa shape index (κ3) is 5.63. The van der Waals surface area contributed by atoms with Crippen LogP contribution in [0.5, 0.6) is 0 Å². The Bertz CT molecular complexity index is 363. The van der Waals surface area contributed by atoms with Crippen LogP contribution in [-0.4, -0.2) is 53.2 Å². The molecule has 0 aromatic carbocycles. The van der Waals surface area contributed by atoms with Crippen LogP contribution in [0.25, 0.3) is 0 Å². The number of nitrogens with two attached hydrogens (primary N) is 1. The molecule has 0 aliphatic heterocycles. The van der Waals surface area contributed by atoms with E-state index in [2.05, 4.69) is 0 Å². The Morgan fingerprint density at radius 3 is 2.38 bits per heavy atom. The van der Waals surface area contributed by atoms with Gasteiger partial charge >= 0.3 is 5.97 Å². The van der Waals surface area contributed by atoms with Crippen LogP contribution in [-0.2, 0) is 14.3 Å². The van der Waals surface area contributed by atoms with Gasteiger partial charge in [-0.15, -0.1) is 0 Å². The maximum atomic E-state index is 11.7. The Labute approximate surface area is 126 Å². The van der Waals surface area contributed by atoms with Crippen LogP contribution in [0.3, 0.4) is 0 Å². The highest BCUT2D eigenvalue weighted by molar-refractivity contribution is 5.76. The van der Waals surface area contributed by atoms with Gasteiger partial charge in [0.1, 0.15) is 0 Å². The van der Waals surface area contributed by atoms with Gasteiger partial charge in [0.05, 0.1) is 24.7 Å². The van der Waals surface area contributed by atoms with Gasteiger partial charge in [-0.05, 0) is 46.5 Å². The molecule has 122 valence electrons. The zero-order valence-corrected chi connectivity index (χ0v) is 13.3. The summed E-state index contributed by atoms with van der Waals surface area (Å²) in [6.45, 7) is 6.66. The molecule has 1 saturated carbocycles. The number of esters is 1. The minimum Gasteiger partial charge on any atom is -0.466 e. The Balaban J connectivity index is 2.56. The van der Waals surface area contributed by atoms with Gasteiger partial charge in [-0.1, -0.05) is 0 Å². The Morgan fingerprint density at radius 2 is 1.95 bits per heavy atom. The number of carbonyl (C=O) groups excluding carboxylic acids is 2. The van der Waals surface area contributed by atoms with Gasteiger partial charge in [-0.25, -0.2) is 0 Å². The average molecular weight is 300 g/mol. The van der Waals surface area contributed by atoms with Gasteiger partial charge in [0.15, 0.2) is 0 Å². The Kier molecular flexibility index (Phi) is 6.61. The van der Waals surface area contributed by atoms with E-state index in [1.165, 1.54) is 0 Å². The van der Waals surface area contributed by atoms with Gasteiger partial charge in [-0.2, -0.15) is 0 Å². The fraction of sp³-hybridized carbons (Fsp3) is 0.867. The number of aliphatic hydroxyl groups is 1. The molecule has 0 bridgehead atoms. The summed E-state index contributed by atoms with van der Waals surface area (Å²) < 4.78 is 5.03. The van der Waals surface area contributed by atoms with E-state index in [-0.39, 0.29) is 24.5 Å². The Morgan fingerprint density at radius 1 is 1.38 bits per heavy atom. The molecule has 0 saturated heterocycles. The average Bonchev–Trinajstić information content (AvgIpc) is 2.38. The van der Waals surface area contributed by atoms with Crippen molar-refractivity contribution < 1.29 is 19.4 Å². The number of hydrogen-bond donors (Lipinski definition) is 2. The molecule has 0 heterocycles. The molecule has 0 atom stereocenters. The predicted octanol–water partition coefficient (Wildman–Crippen LogP) is 0.667. The van der Waals surface area contributed by atoms with E-state index in [9.17, 15) is 14.7 Å². The lowest BCUT2D eigenvalue weighted by atomic mass is 9.78. The topological polar surface area (TPSA) is 92.9 Å². The fourth-order valence-electron chi connectivity index (χ4n) is 2.81. The van der Waals surface area contributed by atoms with Crippen molar-refractivity contribution in [1.82, 2.24) is 4.90 Å². The van der Waals surface area contributed by atoms with E-state index < -0.39 is 11.5 Å². The van der Waals surface area contributed by atoms with Crippen LogP contribution in [0.15, 0.2) is 0 Å². The van der Waals surface area contributed by atoms with Crippen molar-refractivity contribution in [3.05, 3.63) is 0 Å². The first-order chi connectivity index (χ1) is 9.77. The van der Waals surface area contributed by atoms with Crippen molar-refractivity contribution in [2.24, 2.45) is 11.7 Å². The highest BCUT2D eigenvalue weighted by Gasteiger charge is 2.38. The summed E-state index contributed by atoms with van der Waals surface area (Å²) >= 11 is 0. The number of amides is 1. The molecule has 3 N–H and O–H groups in total. The molecule has 1 rings (SSSR count). The number of ether oxygens (including phenoxy) is 1. The minimum absolute atomic E-state index is 0.117. The fourth-order valence-corrected chi connectivity index (χ4v) is 2.81. The smallest absolute Gasteiger partial charge is 0.308 e. The van der Waals surface area contributed by atoms with Gasteiger partial charge in [0.25, 0.3) is 0 Å². The molecule has 1 aliphatic carbocycles. The zero-order chi connectivity index (χ0) is 16.0. The minimum atomic E-state index is -0.858. The molecule has 1 fully saturated rings. The molecule has 1 amide bonds. The number of primary amides is 1. The molecule has 6 heteroatoms. The molecule has 21 heavy (non-hydrogen) atoms. The number of carbonyl (C=O) groups is 2. The number of nitrogens with zero attached hydrogens (tertiary/aromatic N) is 1. The monoisotopic (exact) mass is 300 g/mol. The van der Waals surface area contributed by atoms with Crippen molar-refractivity contribution in [2.75, 3.05) is 19.7 Å². The van der Waals surface area contributed by atoms with Gasteiger partial charge in [0.2, 0.25) is 5.91 Å². The van der Waals surface area contributed by atoms with E-state index in [0.29, 0.717) is 38.8 Å². The van der Waals surface area contributed by atoms with E-state index in [1.807, 2.05) is 18.7 Å². The van der Waals surface area contributed by atoms with Crippen molar-refractivity contribution in [3.8, 4) is 0 Å². The van der Waals surface area contributed by atoms with Gasteiger partial charge in [-0.3, -0.25) is 14.5 Å². The third-order valence-electron chi connectivity index (χ3n) is 4.12. The van der Waals surface area contributed by atoms with Crippen LogP contribution >= 0.6 is 0 Å². The van der Waals surface area contributed by atoms with Crippen LogP contribution in [0.1, 0.15) is 46.5 Å². The maximum absolute atomic E-state index is 11.7. The summed E-state index contributed by atoms with van der Waals surface area (Å²) in [5, 5.41) is 10.7. The normalized spacial score (nSPS) is 26.1. The number of hydrogen-bond acceptors (Lipinski definition) is 5. The van der Waals surface area contributed by atoms with Crippen molar-refractivity contribution in [3.63, 3.8) is 0 Å². The van der Waals surface area contributed by atoms with Gasteiger partial charge in [0, 0.05) is 12.6 Å². The Hall–Kier alpha value is -1.14. The summed E-state index contributed by atoms with van der Waals surface area (Å²) in [4.78, 5) is 24.7. The van der Waals surface area contributed by atoms with Crippen molar-refractivity contribution >= 4 is 11.9 Å². The van der Waals surface area contributed by atoms with Crippen LogP contribution in [0, 0.1) is 5.92 Å². The first-order valence-corrected chi connectivity index (χ1v) is 7.69.